The number of pyridine rings is 2. The first-order chi connectivity index (χ1) is 13.7. The smallest absolute Gasteiger partial charge is 0.327 e. The Morgan fingerprint density at radius 3 is 2.11 bits per heavy atom. The van der Waals surface area contributed by atoms with Gasteiger partial charge in [0.15, 0.2) is 0 Å². The predicted octanol–water partition coefficient (Wildman–Crippen LogP) is 2.02. The van der Waals surface area contributed by atoms with Crippen molar-refractivity contribution in [3.05, 3.63) is 90.0 Å². The van der Waals surface area contributed by atoms with Crippen LogP contribution in [0.5, 0.6) is 0 Å². The number of aryl methyl sites for hydroxylation is 2. The fourth-order valence-corrected chi connectivity index (χ4v) is 2.63. The molecule has 7 heteroatoms. The minimum atomic E-state index is -0.752. The lowest BCUT2D eigenvalue weighted by Gasteiger charge is -2.13. The molecule has 3 rings (SSSR count). The second-order valence-corrected chi connectivity index (χ2v) is 6.13. The molecule has 1 aromatic carbocycles. The monoisotopic (exact) mass is 375 g/mol. The van der Waals surface area contributed by atoms with Gasteiger partial charge in [-0.15, -0.1) is 0 Å². The van der Waals surface area contributed by atoms with Crippen molar-refractivity contribution in [3.8, 4) is 0 Å². The number of carbonyl (C=O) groups excluding carboxylic acids is 2. The molecule has 0 saturated heterocycles. The summed E-state index contributed by atoms with van der Waals surface area (Å²) in [5, 5.41) is 2.57. The maximum Gasteiger partial charge on any atom is 0.327 e. The van der Waals surface area contributed by atoms with Gasteiger partial charge < -0.3 is 5.32 Å². The molecular weight excluding hydrogens is 354 g/mol. The summed E-state index contributed by atoms with van der Waals surface area (Å²) in [6, 6.07) is 15.2. The first-order valence-electron chi connectivity index (χ1n) is 8.92. The van der Waals surface area contributed by atoms with E-state index in [9.17, 15) is 9.59 Å². The number of amides is 2. The summed E-state index contributed by atoms with van der Waals surface area (Å²) >= 11 is 0. The maximum atomic E-state index is 12.0. The van der Waals surface area contributed by atoms with E-state index in [1.807, 2.05) is 36.4 Å². The molecule has 0 atom stereocenters. The molecule has 0 spiro atoms. The lowest BCUT2D eigenvalue weighted by molar-refractivity contribution is -0.139. The number of hydrogen-bond donors (Lipinski definition) is 3. The summed E-state index contributed by atoms with van der Waals surface area (Å²) in [4.78, 5) is 31.9. The molecule has 2 aromatic heterocycles. The average Bonchev–Trinajstić information content (AvgIpc) is 2.76. The number of nitrogens with zero attached hydrogens (tertiary/aromatic N) is 2. The number of para-hydroxylation sites is 1. The van der Waals surface area contributed by atoms with Gasteiger partial charge in [0.1, 0.15) is 0 Å². The van der Waals surface area contributed by atoms with Crippen LogP contribution in [-0.2, 0) is 29.0 Å². The third-order valence-corrected chi connectivity index (χ3v) is 4.17. The van der Waals surface area contributed by atoms with Crippen molar-refractivity contribution in [1.29, 1.82) is 0 Å². The van der Waals surface area contributed by atoms with Gasteiger partial charge in [-0.2, -0.15) is 0 Å². The predicted molar refractivity (Wildman–Crippen MR) is 106 cm³/mol. The van der Waals surface area contributed by atoms with Crippen LogP contribution < -0.4 is 16.2 Å². The van der Waals surface area contributed by atoms with Gasteiger partial charge in [-0.25, -0.2) is 0 Å². The van der Waals surface area contributed by atoms with Crippen LogP contribution in [0.15, 0.2) is 73.3 Å². The Balaban J connectivity index is 1.51. The highest BCUT2D eigenvalue weighted by atomic mass is 16.2. The normalized spacial score (nSPS) is 10.1. The Morgan fingerprint density at radius 2 is 1.39 bits per heavy atom. The zero-order valence-electron chi connectivity index (χ0n) is 15.3. The molecule has 0 bridgehead atoms. The lowest BCUT2D eigenvalue weighted by Crippen LogP contribution is -2.42. The van der Waals surface area contributed by atoms with Crippen molar-refractivity contribution >= 4 is 17.5 Å². The van der Waals surface area contributed by atoms with Gasteiger partial charge >= 0.3 is 11.8 Å². The summed E-state index contributed by atoms with van der Waals surface area (Å²) in [7, 11) is 0. The van der Waals surface area contributed by atoms with Crippen molar-refractivity contribution in [2.75, 3.05) is 5.43 Å². The molecule has 2 heterocycles. The van der Waals surface area contributed by atoms with Crippen LogP contribution in [0.25, 0.3) is 0 Å². The molecule has 0 aliphatic rings. The van der Waals surface area contributed by atoms with Crippen molar-refractivity contribution in [2.24, 2.45) is 0 Å². The molecule has 0 radical (unpaired) electrons. The number of anilines is 1. The number of benzene rings is 1. The molecule has 3 N–H and O–H groups in total. The molecule has 0 aliphatic heterocycles. The van der Waals surface area contributed by atoms with Crippen LogP contribution in [0.1, 0.15) is 16.7 Å². The van der Waals surface area contributed by atoms with Gasteiger partial charge in [0, 0.05) is 31.3 Å². The SMILES string of the molecule is O=C(NCc1ccncc1)C(=O)NNc1ccccc1CCc1ccncc1. The van der Waals surface area contributed by atoms with Gasteiger partial charge in [-0.1, -0.05) is 18.2 Å². The minimum Gasteiger partial charge on any atom is -0.344 e. The Bertz CT molecular complexity index is 916. The Hall–Kier alpha value is -3.74. The topological polar surface area (TPSA) is 96.0 Å². The fourth-order valence-electron chi connectivity index (χ4n) is 2.63. The number of rotatable bonds is 7. The summed E-state index contributed by atoms with van der Waals surface area (Å²) in [5.74, 6) is -1.46. The van der Waals surface area contributed by atoms with E-state index in [1.54, 1.807) is 36.9 Å². The minimum absolute atomic E-state index is 0.261. The standard InChI is InChI=1S/C21H21N5O2/c27-20(24-15-17-9-13-23-14-10-17)21(28)26-25-19-4-2-1-3-18(19)6-5-16-7-11-22-12-8-16/h1-4,7-14,25H,5-6,15H2,(H,24,27)(H,26,28). The quantitative estimate of drug-likeness (QED) is 0.434. The highest BCUT2D eigenvalue weighted by molar-refractivity contribution is 6.35. The summed E-state index contributed by atoms with van der Waals surface area (Å²) in [6.45, 7) is 0.261. The van der Waals surface area contributed by atoms with Crippen LogP contribution in [0.3, 0.4) is 0 Å². The van der Waals surface area contributed by atoms with Crippen molar-refractivity contribution < 1.29 is 9.59 Å². The summed E-state index contributed by atoms with van der Waals surface area (Å²) < 4.78 is 0. The second kappa shape index (κ2) is 9.82. The summed E-state index contributed by atoms with van der Waals surface area (Å²) in [6.07, 6.45) is 8.44. The average molecular weight is 375 g/mol. The lowest BCUT2D eigenvalue weighted by atomic mass is 10.0. The molecule has 2 amide bonds. The van der Waals surface area contributed by atoms with Crippen molar-refractivity contribution in [2.45, 2.75) is 19.4 Å². The van der Waals surface area contributed by atoms with E-state index < -0.39 is 11.8 Å². The van der Waals surface area contributed by atoms with Gasteiger partial charge in [0.2, 0.25) is 0 Å². The fraction of sp³-hybridized carbons (Fsp3) is 0.143. The number of aromatic nitrogens is 2. The van der Waals surface area contributed by atoms with E-state index in [-0.39, 0.29) is 6.54 Å². The Labute approximate surface area is 163 Å². The van der Waals surface area contributed by atoms with E-state index in [4.69, 9.17) is 0 Å². The maximum absolute atomic E-state index is 12.0. The van der Waals surface area contributed by atoms with Crippen molar-refractivity contribution in [3.63, 3.8) is 0 Å². The van der Waals surface area contributed by atoms with Gasteiger partial charge in [-0.05, 0) is 59.9 Å². The first kappa shape index (κ1) is 19.0. The highest BCUT2D eigenvalue weighted by Crippen LogP contribution is 2.16. The first-order valence-corrected chi connectivity index (χ1v) is 8.92. The van der Waals surface area contributed by atoms with E-state index in [2.05, 4.69) is 26.1 Å². The van der Waals surface area contributed by atoms with Crippen LogP contribution in [-0.4, -0.2) is 21.8 Å². The molecule has 0 fully saturated rings. The molecule has 7 nitrogen and oxygen atoms in total. The molecule has 0 aliphatic carbocycles. The van der Waals surface area contributed by atoms with E-state index in [0.29, 0.717) is 0 Å². The molecule has 3 aromatic rings. The van der Waals surface area contributed by atoms with Crippen molar-refractivity contribution in [1.82, 2.24) is 20.7 Å². The number of hydrogen-bond acceptors (Lipinski definition) is 5. The van der Waals surface area contributed by atoms with Gasteiger partial charge in [0.25, 0.3) is 0 Å². The zero-order valence-corrected chi connectivity index (χ0v) is 15.3. The third kappa shape index (κ3) is 5.63. The van der Waals surface area contributed by atoms with E-state index in [0.717, 1.165) is 29.7 Å². The van der Waals surface area contributed by atoms with Crippen LogP contribution >= 0.6 is 0 Å². The second-order valence-electron chi connectivity index (χ2n) is 6.13. The van der Waals surface area contributed by atoms with Crippen LogP contribution in [0.4, 0.5) is 5.69 Å². The zero-order chi connectivity index (χ0) is 19.6. The molecule has 0 unspecified atom stereocenters. The van der Waals surface area contributed by atoms with E-state index >= 15 is 0 Å². The number of nitrogens with one attached hydrogen (secondary N) is 3. The van der Waals surface area contributed by atoms with Crippen LogP contribution in [0.2, 0.25) is 0 Å². The van der Waals surface area contributed by atoms with Gasteiger partial charge in [-0.3, -0.25) is 30.4 Å². The summed E-state index contributed by atoms with van der Waals surface area (Å²) in [5.41, 5.74) is 9.14. The third-order valence-electron chi connectivity index (χ3n) is 4.17. The number of hydrazine groups is 1. The molecular formula is C21H21N5O2. The largest absolute Gasteiger partial charge is 0.344 e. The van der Waals surface area contributed by atoms with E-state index in [1.165, 1.54) is 5.56 Å². The highest BCUT2D eigenvalue weighted by Gasteiger charge is 2.13. The van der Waals surface area contributed by atoms with Gasteiger partial charge in [0.05, 0.1) is 5.69 Å². The Morgan fingerprint density at radius 1 is 0.750 bits per heavy atom. The molecule has 28 heavy (non-hydrogen) atoms. The number of carbonyl (C=O) groups is 2. The van der Waals surface area contributed by atoms with Crippen LogP contribution in [0, 0.1) is 0 Å². The Kier molecular flexibility index (Phi) is 6.67. The molecule has 142 valence electrons. The molecule has 0 saturated carbocycles.